The van der Waals surface area contributed by atoms with E-state index in [9.17, 15) is 0 Å². The van der Waals surface area contributed by atoms with Crippen molar-refractivity contribution in [2.75, 3.05) is 0 Å². The number of ether oxygens (including phenoxy) is 1. The maximum Gasteiger partial charge on any atom is 0.143 e. The third-order valence-electron chi connectivity index (χ3n) is 2.07. The largest absolute Gasteiger partial charge is 0.488 e. The molecule has 1 fully saturated rings. The third-order valence-corrected chi connectivity index (χ3v) is 2.07. The second-order valence-corrected chi connectivity index (χ2v) is 3.41. The van der Waals surface area contributed by atoms with Crippen molar-refractivity contribution in [2.24, 2.45) is 0 Å². The lowest BCUT2D eigenvalue weighted by atomic mass is 10.2. The Labute approximate surface area is 77.4 Å². The van der Waals surface area contributed by atoms with E-state index in [4.69, 9.17) is 9.84 Å². The fraction of sp³-hybridized carbons (Fsp3) is 0.500. The first-order valence-corrected chi connectivity index (χ1v) is 4.52. The summed E-state index contributed by atoms with van der Waals surface area (Å²) in [5.41, 5.74) is 1.74. The van der Waals surface area contributed by atoms with Gasteiger partial charge in [0.25, 0.3) is 0 Å². The van der Waals surface area contributed by atoms with Crippen LogP contribution in [0.15, 0.2) is 12.3 Å². The average Bonchev–Trinajstić information content (AvgIpc) is 2.92. The van der Waals surface area contributed by atoms with Crippen LogP contribution in [0.1, 0.15) is 24.1 Å². The molecule has 0 radical (unpaired) electrons. The van der Waals surface area contributed by atoms with Crippen molar-refractivity contribution in [2.45, 2.75) is 32.5 Å². The maximum absolute atomic E-state index is 9.07. The molecule has 1 heterocycles. The molecule has 0 unspecified atom stereocenters. The lowest BCUT2D eigenvalue weighted by Crippen LogP contribution is -2.01. The van der Waals surface area contributed by atoms with Gasteiger partial charge in [0.2, 0.25) is 0 Å². The predicted molar refractivity (Wildman–Crippen MR) is 48.5 cm³/mol. The summed E-state index contributed by atoms with van der Waals surface area (Å²) in [5.74, 6) is 0.732. The molecule has 0 bridgehead atoms. The fourth-order valence-electron chi connectivity index (χ4n) is 1.20. The number of rotatable bonds is 3. The van der Waals surface area contributed by atoms with Crippen molar-refractivity contribution >= 4 is 0 Å². The van der Waals surface area contributed by atoms with Crippen molar-refractivity contribution in [3.63, 3.8) is 0 Å². The van der Waals surface area contributed by atoms with E-state index in [-0.39, 0.29) is 6.61 Å². The highest BCUT2D eigenvalue weighted by molar-refractivity contribution is 5.32. The standard InChI is InChI=1S/C10H13NO2/c1-7-4-8(6-12)10(5-11-7)13-9-2-3-9/h4-5,9,12H,2-3,6H2,1H3. The van der Waals surface area contributed by atoms with E-state index in [1.54, 1.807) is 6.20 Å². The van der Waals surface area contributed by atoms with E-state index >= 15 is 0 Å². The highest BCUT2D eigenvalue weighted by Gasteiger charge is 2.24. The highest BCUT2D eigenvalue weighted by atomic mass is 16.5. The molecule has 70 valence electrons. The lowest BCUT2D eigenvalue weighted by Gasteiger charge is -2.08. The Morgan fingerprint density at radius 3 is 3.00 bits per heavy atom. The minimum atomic E-state index is 0.0193. The van der Waals surface area contributed by atoms with Gasteiger partial charge >= 0.3 is 0 Å². The molecule has 0 aliphatic heterocycles. The van der Waals surface area contributed by atoms with Crippen LogP contribution in [-0.4, -0.2) is 16.2 Å². The first kappa shape index (κ1) is 8.51. The predicted octanol–water partition coefficient (Wildman–Crippen LogP) is 1.42. The molecule has 0 saturated heterocycles. The number of aliphatic hydroxyl groups excluding tert-OH is 1. The van der Waals surface area contributed by atoms with E-state index in [0.29, 0.717) is 6.10 Å². The normalized spacial score (nSPS) is 15.8. The van der Waals surface area contributed by atoms with Crippen molar-refractivity contribution in [3.05, 3.63) is 23.5 Å². The zero-order valence-corrected chi connectivity index (χ0v) is 7.66. The molecule has 1 aromatic heterocycles. The van der Waals surface area contributed by atoms with Crippen LogP contribution >= 0.6 is 0 Å². The molecule has 1 N–H and O–H groups in total. The molecule has 1 aromatic rings. The first-order valence-electron chi connectivity index (χ1n) is 4.52. The summed E-state index contributed by atoms with van der Waals surface area (Å²) < 4.78 is 5.58. The molecule has 1 aliphatic carbocycles. The monoisotopic (exact) mass is 179 g/mol. The molecule has 0 spiro atoms. The van der Waals surface area contributed by atoms with Crippen molar-refractivity contribution in [1.82, 2.24) is 4.98 Å². The molecule has 2 rings (SSSR count). The van der Waals surface area contributed by atoms with Crippen LogP contribution in [0, 0.1) is 6.92 Å². The number of nitrogens with zero attached hydrogens (tertiary/aromatic N) is 1. The molecular formula is C10H13NO2. The Balaban J connectivity index is 2.21. The van der Waals surface area contributed by atoms with Gasteiger partial charge in [0.15, 0.2) is 0 Å². The number of pyridine rings is 1. The van der Waals surface area contributed by atoms with Gasteiger partial charge in [-0.2, -0.15) is 0 Å². The van der Waals surface area contributed by atoms with Gasteiger partial charge in [-0.15, -0.1) is 0 Å². The van der Waals surface area contributed by atoms with Crippen LogP contribution in [0.4, 0.5) is 0 Å². The van der Waals surface area contributed by atoms with E-state index in [2.05, 4.69) is 4.98 Å². The Morgan fingerprint density at radius 1 is 1.62 bits per heavy atom. The minimum absolute atomic E-state index is 0.0193. The lowest BCUT2D eigenvalue weighted by molar-refractivity contribution is 0.257. The summed E-state index contributed by atoms with van der Waals surface area (Å²) in [6, 6.07) is 1.86. The molecule has 1 aliphatic rings. The Morgan fingerprint density at radius 2 is 2.38 bits per heavy atom. The second kappa shape index (κ2) is 3.34. The van der Waals surface area contributed by atoms with Gasteiger partial charge in [-0.1, -0.05) is 0 Å². The molecule has 1 saturated carbocycles. The number of hydrogen-bond donors (Lipinski definition) is 1. The summed E-state index contributed by atoms with van der Waals surface area (Å²) in [4.78, 5) is 4.13. The maximum atomic E-state index is 9.07. The van der Waals surface area contributed by atoms with Crippen LogP contribution < -0.4 is 4.74 Å². The second-order valence-electron chi connectivity index (χ2n) is 3.41. The Hall–Kier alpha value is -1.09. The van der Waals surface area contributed by atoms with Gasteiger partial charge in [-0.25, -0.2) is 0 Å². The zero-order chi connectivity index (χ0) is 9.26. The van der Waals surface area contributed by atoms with Crippen LogP contribution in [0.25, 0.3) is 0 Å². The molecule has 0 aromatic carbocycles. The summed E-state index contributed by atoms with van der Waals surface area (Å²) in [6.45, 7) is 1.92. The zero-order valence-electron chi connectivity index (χ0n) is 7.66. The molecule has 0 amide bonds. The summed E-state index contributed by atoms with van der Waals surface area (Å²) in [6.07, 6.45) is 4.30. The molecule has 3 nitrogen and oxygen atoms in total. The van der Waals surface area contributed by atoms with Gasteiger partial charge in [0.1, 0.15) is 5.75 Å². The third kappa shape index (κ3) is 1.98. The number of aliphatic hydroxyl groups is 1. The fourth-order valence-corrected chi connectivity index (χ4v) is 1.20. The first-order chi connectivity index (χ1) is 6.29. The summed E-state index contributed by atoms with van der Waals surface area (Å²) >= 11 is 0. The smallest absolute Gasteiger partial charge is 0.143 e. The summed E-state index contributed by atoms with van der Waals surface area (Å²) in [5, 5.41) is 9.07. The number of hydrogen-bond acceptors (Lipinski definition) is 3. The number of aryl methyl sites for hydroxylation is 1. The topological polar surface area (TPSA) is 42.4 Å². The van der Waals surface area contributed by atoms with E-state index in [1.807, 2.05) is 13.0 Å². The Kier molecular flexibility index (Phi) is 2.19. The SMILES string of the molecule is Cc1cc(CO)c(OC2CC2)cn1. The molecule has 3 heteroatoms. The summed E-state index contributed by atoms with van der Waals surface area (Å²) in [7, 11) is 0. The van der Waals surface area contributed by atoms with E-state index in [1.165, 1.54) is 0 Å². The van der Waals surface area contributed by atoms with E-state index in [0.717, 1.165) is 29.8 Å². The van der Waals surface area contributed by atoms with Crippen LogP contribution in [0.2, 0.25) is 0 Å². The quantitative estimate of drug-likeness (QED) is 0.763. The van der Waals surface area contributed by atoms with Gasteiger partial charge in [-0.3, -0.25) is 4.98 Å². The van der Waals surface area contributed by atoms with Gasteiger partial charge in [0, 0.05) is 11.3 Å². The van der Waals surface area contributed by atoms with Gasteiger partial charge < -0.3 is 9.84 Å². The minimum Gasteiger partial charge on any atom is -0.488 e. The van der Waals surface area contributed by atoms with Crippen molar-refractivity contribution < 1.29 is 9.84 Å². The van der Waals surface area contributed by atoms with E-state index < -0.39 is 0 Å². The van der Waals surface area contributed by atoms with Gasteiger partial charge in [-0.05, 0) is 25.8 Å². The van der Waals surface area contributed by atoms with Crippen LogP contribution in [-0.2, 0) is 6.61 Å². The van der Waals surface area contributed by atoms with Gasteiger partial charge in [0.05, 0.1) is 18.9 Å². The number of aromatic nitrogens is 1. The van der Waals surface area contributed by atoms with Crippen molar-refractivity contribution in [3.8, 4) is 5.75 Å². The molecule has 0 atom stereocenters. The average molecular weight is 179 g/mol. The van der Waals surface area contributed by atoms with Crippen molar-refractivity contribution in [1.29, 1.82) is 0 Å². The molecular weight excluding hydrogens is 166 g/mol. The highest BCUT2D eigenvalue weighted by Crippen LogP contribution is 2.28. The van der Waals surface area contributed by atoms with Crippen LogP contribution in [0.3, 0.4) is 0 Å². The van der Waals surface area contributed by atoms with Crippen LogP contribution in [0.5, 0.6) is 5.75 Å². The Bertz CT molecular complexity index is 308. The molecule has 13 heavy (non-hydrogen) atoms.